The molecule has 0 radical (unpaired) electrons. The summed E-state index contributed by atoms with van der Waals surface area (Å²) in [7, 11) is 0. The molecule has 7 heteroatoms. The van der Waals surface area contributed by atoms with Crippen molar-refractivity contribution in [2.75, 3.05) is 18.5 Å². The molecule has 114 valence electrons. The number of anilines is 1. The molecule has 1 fully saturated rings. The lowest BCUT2D eigenvalue weighted by atomic mass is 10.2. The van der Waals surface area contributed by atoms with Gasteiger partial charge < -0.3 is 20.1 Å². The Hall–Kier alpha value is -2.15. The van der Waals surface area contributed by atoms with Crippen LogP contribution in [0.5, 0.6) is 0 Å². The van der Waals surface area contributed by atoms with E-state index < -0.39 is 17.3 Å². The van der Waals surface area contributed by atoms with E-state index in [9.17, 15) is 14.0 Å². The Morgan fingerprint density at radius 1 is 1.43 bits per heavy atom. The van der Waals surface area contributed by atoms with Gasteiger partial charge in [-0.2, -0.15) is 0 Å². The zero-order valence-corrected chi connectivity index (χ0v) is 11.8. The molecular weight excluding hydrogens is 279 g/mol. The maximum absolute atomic E-state index is 13.3. The Morgan fingerprint density at radius 3 is 2.81 bits per heavy atom. The molecule has 1 aliphatic rings. The Labute approximate surface area is 121 Å². The van der Waals surface area contributed by atoms with Crippen LogP contribution in [-0.4, -0.2) is 47.3 Å². The average Bonchev–Trinajstić information content (AvgIpc) is 2.43. The fraction of sp³-hybridized carbons (Fsp3) is 0.429. The van der Waals surface area contributed by atoms with Crippen LogP contribution in [0.25, 0.3) is 0 Å². The molecule has 2 rings (SSSR count). The van der Waals surface area contributed by atoms with Crippen molar-refractivity contribution in [2.24, 2.45) is 0 Å². The molecule has 1 heterocycles. The Bertz CT molecular complexity index is 564. The quantitative estimate of drug-likeness (QED) is 0.876. The summed E-state index contributed by atoms with van der Waals surface area (Å²) < 4.78 is 18.7. The van der Waals surface area contributed by atoms with E-state index in [-0.39, 0.29) is 23.9 Å². The van der Waals surface area contributed by atoms with Crippen LogP contribution < -0.4 is 5.32 Å². The smallest absolute Gasteiger partial charge is 0.338 e. The highest BCUT2D eigenvalue weighted by Crippen LogP contribution is 2.17. The number of carbonyl (C=O) groups is 2. The lowest BCUT2D eigenvalue weighted by Gasteiger charge is -2.36. The number of hydrogen-bond donors (Lipinski definition) is 2. The highest BCUT2D eigenvalue weighted by atomic mass is 19.1. The summed E-state index contributed by atoms with van der Waals surface area (Å²) in [5.41, 5.74) is -0.235. The van der Waals surface area contributed by atoms with E-state index in [4.69, 9.17) is 9.84 Å². The molecule has 2 N–H and O–H groups in total. The number of aromatic carboxylic acids is 1. The van der Waals surface area contributed by atoms with E-state index >= 15 is 0 Å². The van der Waals surface area contributed by atoms with Crippen molar-refractivity contribution in [1.82, 2.24) is 4.90 Å². The Kier molecular flexibility index (Phi) is 4.42. The van der Waals surface area contributed by atoms with Crippen LogP contribution in [0.3, 0.4) is 0 Å². The average molecular weight is 296 g/mol. The molecule has 1 aromatic rings. The van der Waals surface area contributed by atoms with Crippen molar-refractivity contribution >= 4 is 17.7 Å². The second-order valence-electron chi connectivity index (χ2n) is 5.08. The van der Waals surface area contributed by atoms with E-state index in [0.717, 1.165) is 12.1 Å². The van der Waals surface area contributed by atoms with Crippen LogP contribution in [0.15, 0.2) is 18.2 Å². The highest BCUT2D eigenvalue weighted by molar-refractivity contribution is 5.93. The highest BCUT2D eigenvalue weighted by Gasteiger charge is 2.27. The molecule has 0 bridgehead atoms. The second-order valence-corrected chi connectivity index (χ2v) is 5.08. The van der Waals surface area contributed by atoms with Crippen molar-refractivity contribution in [3.63, 3.8) is 0 Å². The number of nitrogens with one attached hydrogen (secondary N) is 1. The van der Waals surface area contributed by atoms with Crippen molar-refractivity contribution in [3.05, 3.63) is 29.6 Å². The number of benzene rings is 1. The second kappa shape index (κ2) is 6.09. The van der Waals surface area contributed by atoms with Crippen molar-refractivity contribution in [1.29, 1.82) is 0 Å². The SMILES string of the molecule is CC1CN(C(=O)Nc2ccc(F)c(C(=O)O)c2)C(C)CO1. The van der Waals surface area contributed by atoms with E-state index in [1.54, 1.807) is 4.90 Å². The predicted molar refractivity (Wildman–Crippen MR) is 74.0 cm³/mol. The standard InChI is InChI=1S/C14H17FN2O4/c1-8-7-21-9(2)6-17(8)14(20)16-10-3-4-12(15)11(5-10)13(18)19/h3-5,8-9H,6-7H2,1-2H3,(H,16,20)(H,18,19). The minimum absolute atomic E-state index is 0.0604. The number of carbonyl (C=O) groups excluding carboxylic acids is 1. The van der Waals surface area contributed by atoms with Crippen LogP contribution in [0.2, 0.25) is 0 Å². The fourth-order valence-corrected chi connectivity index (χ4v) is 2.15. The molecule has 1 aromatic carbocycles. The van der Waals surface area contributed by atoms with E-state index in [1.165, 1.54) is 6.07 Å². The lowest BCUT2D eigenvalue weighted by molar-refractivity contribution is -0.0296. The summed E-state index contributed by atoms with van der Waals surface area (Å²) in [4.78, 5) is 24.7. The number of hydrogen-bond acceptors (Lipinski definition) is 3. The molecule has 0 aliphatic carbocycles. The monoisotopic (exact) mass is 296 g/mol. The van der Waals surface area contributed by atoms with Gasteiger partial charge in [-0.1, -0.05) is 0 Å². The molecule has 1 saturated heterocycles. The third kappa shape index (κ3) is 3.49. The molecule has 0 spiro atoms. The van der Waals surface area contributed by atoms with Gasteiger partial charge in [0.15, 0.2) is 0 Å². The summed E-state index contributed by atoms with van der Waals surface area (Å²) in [6.07, 6.45) is -0.0604. The number of halogens is 1. The van der Waals surface area contributed by atoms with Gasteiger partial charge in [-0.3, -0.25) is 0 Å². The number of urea groups is 1. The third-order valence-electron chi connectivity index (χ3n) is 3.32. The molecule has 2 amide bonds. The minimum atomic E-state index is -1.38. The maximum atomic E-state index is 13.3. The lowest BCUT2D eigenvalue weighted by Crippen LogP contribution is -2.51. The topological polar surface area (TPSA) is 78.9 Å². The van der Waals surface area contributed by atoms with Gasteiger partial charge in [-0.25, -0.2) is 14.0 Å². The minimum Gasteiger partial charge on any atom is -0.478 e. The van der Waals surface area contributed by atoms with Crippen molar-refractivity contribution in [2.45, 2.75) is 26.0 Å². The molecule has 6 nitrogen and oxygen atoms in total. The van der Waals surface area contributed by atoms with Crippen molar-refractivity contribution in [3.8, 4) is 0 Å². The number of carboxylic acid groups (broad SMARTS) is 1. The molecule has 1 aliphatic heterocycles. The number of rotatable bonds is 2. The number of morpholine rings is 1. The first kappa shape index (κ1) is 15.2. The van der Waals surface area contributed by atoms with Gasteiger partial charge >= 0.3 is 12.0 Å². The van der Waals surface area contributed by atoms with Gasteiger partial charge in [0, 0.05) is 12.2 Å². The first-order valence-electron chi connectivity index (χ1n) is 6.60. The number of nitrogens with zero attached hydrogens (tertiary/aromatic N) is 1. The van der Waals surface area contributed by atoms with Gasteiger partial charge in [0.05, 0.1) is 24.3 Å². The molecule has 0 saturated carbocycles. The zero-order valence-electron chi connectivity index (χ0n) is 11.8. The van der Waals surface area contributed by atoms with Gasteiger partial charge in [0.25, 0.3) is 0 Å². The van der Waals surface area contributed by atoms with E-state index in [2.05, 4.69) is 5.32 Å². The van der Waals surface area contributed by atoms with E-state index in [0.29, 0.717) is 13.2 Å². The number of amides is 2. The Morgan fingerprint density at radius 2 is 2.14 bits per heavy atom. The summed E-state index contributed by atoms with van der Waals surface area (Å²) in [5.74, 6) is -2.22. The normalized spacial score (nSPS) is 22.0. The molecule has 2 atom stereocenters. The summed E-state index contributed by atoms with van der Waals surface area (Å²) in [6, 6.07) is 3.00. The zero-order chi connectivity index (χ0) is 15.6. The van der Waals surface area contributed by atoms with Crippen LogP contribution in [0.1, 0.15) is 24.2 Å². The third-order valence-corrected chi connectivity index (χ3v) is 3.32. The van der Waals surface area contributed by atoms with Gasteiger partial charge in [0.2, 0.25) is 0 Å². The molecular formula is C14H17FN2O4. The fourth-order valence-electron chi connectivity index (χ4n) is 2.15. The van der Waals surface area contributed by atoms with Crippen LogP contribution >= 0.6 is 0 Å². The van der Waals surface area contributed by atoms with Gasteiger partial charge in [-0.15, -0.1) is 0 Å². The van der Waals surface area contributed by atoms with E-state index in [1.807, 2.05) is 13.8 Å². The van der Waals surface area contributed by atoms with Crippen LogP contribution in [0, 0.1) is 5.82 Å². The molecule has 0 aromatic heterocycles. The van der Waals surface area contributed by atoms with Crippen LogP contribution in [-0.2, 0) is 4.74 Å². The van der Waals surface area contributed by atoms with Gasteiger partial charge in [0.1, 0.15) is 5.82 Å². The molecule has 21 heavy (non-hydrogen) atoms. The number of carboxylic acids is 1. The van der Waals surface area contributed by atoms with Gasteiger partial charge in [-0.05, 0) is 32.0 Å². The Balaban J connectivity index is 2.12. The first-order chi connectivity index (χ1) is 9.88. The first-order valence-corrected chi connectivity index (χ1v) is 6.60. The summed E-state index contributed by atoms with van der Waals surface area (Å²) >= 11 is 0. The van der Waals surface area contributed by atoms with Crippen LogP contribution in [0.4, 0.5) is 14.9 Å². The number of ether oxygens (including phenoxy) is 1. The maximum Gasteiger partial charge on any atom is 0.338 e. The predicted octanol–water partition coefficient (Wildman–Crippen LogP) is 2.17. The van der Waals surface area contributed by atoms with Crippen molar-refractivity contribution < 1.29 is 23.8 Å². The summed E-state index contributed by atoms with van der Waals surface area (Å²) in [5, 5.41) is 11.5. The largest absolute Gasteiger partial charge is 0.478 e. The molecule has 2 unspecified atom stereocenters. The summed E-state index contributed by atoms with van der Waals surface area (Å²) in [6.45, 7) is 4.61.